The van der Waals surface area contributed by atoms with Gasteiger partial charge in [-0.2, -0.15) is 5.26 Å². The summed E-state index contributed by atoms with van der Waals surface area (Å²) in [5, 5.41) is 40.5. The van der Waals surface area contributed by atoms with Crippen molar-refractivity contribution >= 4 is 37.9 Å². The van der Waals surface area contributed by atoms with E-state index >= 15 is 0 Å². The number of benzene rings is 2. The van der Waals surface area contributed by atoms with Crippen molar-refractivity contribution in [1.29, 1.82) is 5.26 Å². The number of nitriles is 1. The molecule has 0 unspecified atom stereocenters. The number of nitrogens with zero attached hydrogens (tertiary/aromatic N) is 2. The van der Waals surface area contributed by atoms with Crippen molar-refractivity contribution in [2.75, 3.05) is 7.11 Å². The van der Waals surface area contributed by atoms with Crippen molar-refractivity contribution in [2.45, 2.75) is 122 Å². The maximum atomic E-state index is 14.4. The predicted octanol–water partition coefficient (Wildman–Crippen LogP) is 5.97. The fraction of sp³-hybridized carbons (Fsp3) is 0.541. The number of carbonyl (C=O) groups is 4. The summed E-state index contributed by atoms with van der Waals surface area (Å²) >= 11 is 0. The third-order valence-corrected chi connectivity index (χ3v) is 13.1. The first-order chi connectivity index (χ1) is 25.2. The number of nitro benzene ring substituents is 1. The van der Waals surface area contributed by atoms with Gasteiger partial charge < -0.3 is 44.4 Å². The zero-order valence-corrected chi connectivity index (χ0v) is 34.2. The molecule has 2 heterocycles. The third kappa shape index (κ3) is 11.3. The highest BCUT2D eigenvalue weighted by Gasteiger charge is 2.45. The van der Waals surface area contributed by atoms with E-state index in [0.717, 1.165) is 12.1 Å². The van der Waals surface area contributed by atoms with Gasteiger partial charge in [-0.1, -0.05) is 26.8 Å². The van der Waals surface area contributed by atoms with Crippen molar-refractivity contribution in [3.8, 4) is 29.1 Å². The topological polar surface area (TPSA) is 238 Å². The Balaban J connectivity index is 2.45. The molecule has 300 valence electrons. The lowest BCUT2D eigenvalue weighted by Crippen LogP contribution is -2.58. The zero-order chi connectivity index (χ0) is 41.8. The fourth-order valence-corrected chi connectivity index (χ4v) is 6.36. The highest BCUT2D eigenvalue weighted by atomic mass is 28.4. The molecule has 4 rings (SSSR count). The number of esters is 1. The molecule has 2 aromatic carbocycles. The Labute approximate surface area is 321 Å². The van der Waals surface area contributed by atoms with Crippen LogP contribution in [0, 0.1) is 21.4 Å². The van der Waals surface area contributed by atoms with E-state index in [2.05, 4.69) is 16.0 Å². The molecule has 0 aliphatic carbocycles. The Bertz CT molecular complexity index is 1860. The highest BCUT2D eigenvalue weighted by molar-refractivity contribution is 6.74. The molecule has 4 bridgehead atoms. The van der Waals surface area contributed by atoms with E-state index in [1.165, 1.54) is 25.3 Å². The van der Waals surface area contributed by atoms with Crippen molar-refractivity contribution < 1.29 is 52.6 Å². The van der Waals surface area contributed by atoms with E-state index in [0.29, 0.717) is 0 Å². The summed E-state index contributed by atoms with van der Waals surface area (Å²) in [5.41, 5.74) is -2.71. The van der Waals surface area contributed by atoms with Crippen molar-refractivity contribution in [3.05, 3.63) is 51.6 Å². The molecule has 0 fully saturated rings. The maximum Gasteiger partial charge on any atom is 0.408 e. The number of hydrogen-bond donors (Lipinski definition) is 4. The van der Waals surface area contributed by atoms with Crippen LogP contribution in [0.25, 0.3) is 0 Å². The van der Waals surface area contributed by atoms with Gasteiger partial charge in [-0.05, 0) is 89.0 Å². The Hall–Kier alpha value is -5.41. The van der Waals surface area contributed by atoms with E-state index in [4.69, 9.17) is 23.4 Å². The zero-order valence-electron chi connectivity index (χ0n) is 33.2. The number of phenols is 1. The quantitative estimate of drug-likeness (QED) is 0.110. The second kappa shape index (κ2) is 16.5. The van der Waals surface area contributed by atoms with Crippen LogP contribution in [0.15, 0.2) is 30.3 Å². The van der Waals surface area contributed by atoms with Gasteiger partial charge in [-0.15, -0.1) is 0 Å². The average Bonchev–Trinajstić information content (AvgIpc) is 3.02. The lowest BCUT2D eigenvalue weighted by atomic mass is 9.99. The number of carbonyl (C=O) groups excluding carboxylic acids is 4. The number of nitro groups is 1. The van der Waals surface area contributed by atoms with Crippen LogP contribution in [0.5, 0.6) is 23.0 Å². The number of fused-ring (bicyclic) bond motifs is 9. The Morgan fingerprint density at radius 1 is 0.964 bits per heavy atom. The Kier molecular flexibility index (Phi) is 13.2. The minimum Gasteiger partial charge on any atom is -0.504 e. The summed E-state index contributed by atoms with van der Waals surface area (Å²) in [5.74, 6) is -4.45. The molecule has 3 amide bonds. The summed E-state index contributed by atoms with van der Waals surface area (Å²) in [6, 6.07) is 2.92. The van der Waals surface area contributed by atoms with Crippen LogP contribution in [-0.4, -0.2) is 72.6 Å². The summed E-state index contributed by atoms with van der Waals surface area (Å²) in [7, 11) is -1.70. The van der Waals surface area contributed by atoms with Gasteiger partial charge in [-0.25, -0.2) is 9.59 Å². The fourth-order valence-electron chi connectivity index (χ4n) is 5.09. The molecule has 0 aromatic heterocycles. The lowest BCUT2D eigenvalue weighted by molar-refractivity contribution is -0.385. The second-order valence-electron chi connectivity index (χ2n) is 16.5. The van der Waals surface area contributed by atoms with E-state index < -0.39 is 95.4 Å². The first-order valence-electron chi connectivity index (χ1n) is 17.4. The van der Waals surface area contributed by atoms with Gasteiger partial charge in [0, 0.05) is 6.07 Å². The molecule has 0 spiro atoms. The van der Waals surface area contributed by atoms with Gasteiger partial charge in [0.15, 0.2) is 25.9 Å². The van der Waals surface area contributed by atoms with Crippen LogP contribution in [0.2, 0.25) is 18.1 Å². The molecule has 17 nitrogen and oxygen atoms in total. The predicted molar refractivity (Wildman–Crippen MR) is 201 cm³/mol. The number of rotatable bonds is 7. The first kappa shape index (κ1) is 44.0. The lowest BCUT2D eigenvalue weighted by Gasteiger charge is -2.41. The standard InChI is InChI=1S/C37H51N5O12Si/c1-35(2,3)52-33(46)27-21-18-24(43)30(50-10)26(19-21)51-25-14-13-20(17-23(25)42(48)49)29(54-55(11,12)37(7,8)9)28(41-34(47)53-36(4,5)6)32(45)39-22(15-16-38)31(44)40-27/h13-14,17-19,22,27-29,43H,15H2,1-12H3,(H,39,45)(H,40,44)(H,41,47)/t22-,27-,28+,29+/m1/s1. The van der Waals surface area contributed by atoms with Crippen LogP contribution in [0.4, 0.5) is 10.5 Å². The molecule has 4 atom stereocenters. The number of hydrogen-bond acceptors (Lipinski definition) is 13. The summed E-state index contributed by atoms with van der Waals surface area (Å²) in [4.78, 5) is 67.4. The smallest absolute Gasteiger partial charge is 0.408 e. The first-order valence-corrected chi connectivity index (χ1v) is 20.3. The Morgan fingerprint density at radius 2 is 1.58 bits per heavy atom. The minimum atomic E-state index is -2.91. The number of alkyl carbamates (subject to hydrolysis) is 1. The largest absolute Gasteiger partial charge is 0.504 e. The molecule has 0 saturated heterocycles. The molecule has 2 aromatic rings. The number of phenolic OH excluding ortho intramolecular Hbond substituents is 1. The van der Waals surface area contributed by atoms with E-state index in [1.807, 2.05) is 39.9 Å². The number of ether oxygens (including phenoxy) is 4. The number of amides is 3. The summed E-state index contributed by atoms with van der Waals surface area (Å²) in [6.45, 7) is 19.1. The number of aromatic hydroxyl groups is 1. The number of methoxy groups -OCH3 is 1. The van der Waals surface area contributed by atoms with Crippen LogP contribution < -0.4 is 25.4 Å². The number of nitrogens with one attached hydrogen (secondary N) is 3. The van der Waals surface area contributed by atoms with Crippen LogP contribution in [0.1, 0.15) is 92.0 Å². The second-order valence-corrected chi connectivity index (χ2v) is 21.2. The molecule has 2 aliphatic heterocycles. The summed E-state index contributed by atoms with van der Waals surface area (Å²) < 4.78 is 29.2. The monoisotopic (exact) mass is 785 g/mol. The Morgan fingerprint density at radius 3 is 2.11 bits per heavy atom. The molecular formula is C37H51N5O12Si. The van der Waals surface area contributed by atoms with Crippen molar-refractivity contribution in [1.82, 2.24) is 16.0 Å². The van der Waals surface area contributed by atoms with Crippen LogP contribution in [-0.2, 0) is 28.3 Å². The molecule has 2 aliphatic rings. The van der Waals surface area contributed by atoms with Gasteiger partial charge in [0.1, 0.15) is 29.4 Å². The van der Waals surface area contributed by atoms with E-state index in [1.54, 1.807) is 41.5 Å². The maximum absolute atomic E-state index is 14.4. The van der Waals surface area contributed by atoms with Gasteiger partial charge in [0.05, 0.1) is 24.5 Å². The van der Waals surface area contributed by atoms with Gasteiger partial charge >= 0.3 is 17.7 Å². The molecule has 0 saturated carbocycles. The molecule has 0 radical (unpaired) electrons. The van der Waals surface area contributed by atoms with Gasteiger partial charge in [0.2, 0.25) is 23.3 Å². The van der Waals surface area contributed by atoms with Gasteiger partial charge in [0.25, 0.3) is 0 Å². The molecule has 55 heavy (non-hydrogen) atoms. The molecule has 18 heteroatoms. The normalized spacial score (nSPS) is 19.5. The minimum absolute atomic E-state index is 0.0713. The third-order valence-electron chi connectivity index (χ3n) is 8.67. The SMILES string of the molecule is COc1c(O)cc2cc1Oc1ccc(cc1[N+](=O)[O-])[C@H](O[Si](C)(C)C(C)(C)C)[C@H](NC(=O)OC(C)(C)C)C(=O)N[C@H](CC#N)C(=O)N[C@H]2C(=O)OC(C)(C)C. The van der Waals surface area contributed by atoms with Crippen molar-refractivity contribution in [2.24, 2.45) is 0 Å². The van der Waals surface area contributed by atoms with Gasteiger partial charge in [-0.3, -0.25) is 19.7 Å². The average molecular weight is 786 g/mol. The van der Waals surface area contributed by atoms with E-state index in [9.17, 15) is 39.7 Å². The van der Waals surface area contributed by atoms with E-state index in [-0.39, 0.29) is 28.4 Å². The molecule has 4 N–H and O–H groups in total. The van der Waals surface area contributed by atoms with Crippen LogP contribution in [0.3, 0.4) is 0 Å². The molecular weight excluding hydrogens is 735 g/mol. The highest BCUT2D eigenvalue weighted by Crippen LogP contribution is 2.46. The summed E-state index contributed by atoms with van der Waals surface area (Å²) in [6.07, 6.45) is -3.08. The van der Waals surface area contributed by atoms with Crippen molar-refractivity contribution in [3.63, 3.8) is 0 Å². The van der Waals surface area contributed by atoms with Crippen LogP contribution >= 0.6 is 0 Å².